The van der Waals surface area contributed by atoms with Crippen molar-refractivity contribution < 1.29 is 81.7 Å². The number of benzene rings is 1. The molecule has 2 saturated carbocycles. The molecular formula is C44H57NO17. The van der Waals surface area contributed by atoms with E-state index in [0.29, 0.717) is 0 Å². The van der Waals surface area contributed by atoms with Crippen molar-refractivity contribution >= 4 is 41.9 Å². The number of ether oxygens (including phenoxy) is 8. The van der Waals surface area contributed by atoms with Gasteiger partial charge in [-0.25, -0.2) is 19.2 Å². The quantitative estimate of drug-likeness (QED) is 0.173. The Kier molecular flexibility index (Phi) is 12.2. The molecule has 1 aromatic rings. The second-order valence-electron chi connectivity index (χ2n) is 19.0. The number of hydrogen-bond donors (Lipinski definition) is 3. The van der Waals surface area contributed by atoms with Gasteiger partial charge in [0.1, 0.15) is 11.7 Å². The molecule has 1 amide bonds. The van der Waals surface area contributed by atoms with Crippen LogP contribution in [0.4, 0.5) is 9.59 Å². The molecule has 12 atom stereocenters. The molecule has 5 aliphatic rings. The van der Waals surface area contributed by atoms with E-state index in [0.717, 1.165) is 13.8 Å². The van der Waals surface area contributed by atoms with Gasteiger partial charge in [-0.15, -0.1) is 0 Å². The zero-order valence-electron chi connectivity index (χ0n) is 36.8. The fraction of sp³-hybridized carbons (Fsp3) is 0.659. The molecule has 340 valence electrons. The number of rotatable bonds is 10. The van der Waals surface area contributed by atoms with Gasteiger partial charge in [-0.3, -0.25) is 14.4 Å². The Balaban J connectivity index is 1.61. The van der Waals surface area contributed by atoms with Gasteiger partial charge in [-0.05, 0) is 70.2 Å². The molecule has 3 N–H and O–H groups in total. The Morgan fingerprint density at radius 2 is 1.61 bits per heavy atom. The van der Waals surface area contributed by atoms with E-state index in [1.165, 1.54) is 26.0 Å². The van der Waals surface area contributed by atoms with Crippen molar-refractivity contribution in [3.05, 3.63) is 47.0 Å². The lowest BCUT2D eigenvalue weighted by Gasteiger charge is -2.67. The number of alkyl carbamates (subject to hydrolysis) is 1. The molecule has 4 fully saturated rings. The van der Waals surface area contributed by atoms with Gasteiger partial charge < -0.3 is 53.4 Å². The van der Waals surface area contributed by atoms with Gasteiger partial charge in [0.25, 0.3) is 0 Å². The van der Waals surface area contributed by atoms with E-state index < -0.39 is 124 Å². The van der Waals surface area contributed by atoms with Crippen LogP contribution in [0.1, 0.15) is 99.4 Å². The number of carbonyl (C=O) groups is 7. The normalized spacial score (nSPS) is 34.2. The molecule has 2 aliphatic heterocycles. The van der Waals surface area contributed by atoms with Crippen LogP contribution >= 0.6 is 0 Å². The molecule has 6 rings (SSSR count). The van der Waals surface area contributed by atoms with E-state index in [4.69, 9.17) is 37.9 Å². The Labute approximate surface area is 359 Å². The van der Waals surface area contributed by atoms with Crippen molar-refractivity contribution in [3.8, 4) is 0 Å². The van der Waals surface area contributed by atoms with Crippen molar-refractivity contribution in [2.75, 3.05) is 6.61 Å². The highest BCUT2D eigenvalue weighted by Crippen LogP contribution is 2.67. The summed E-state index contributed by atoms with van der Waals surface area (Å²) in [6.07, 6.45) is -14.5. The minimum atomic E-state index is -2.36. The van der Waals surface area contributed by atoms with Gasteiger partial charge >= 0.3 is 36.1 Å². The third-order valence-corrected chi connectivity index (χ3v) is 12.9. The molecule has 0 aromatic heterocycles. The average Bonchev–Trinajstić information content (AvgIpc) is 3.52. The fourth-order valence-electron chi connectivity index (χ4n) is 10.4. The van der Waals surface area contributed by atoms with E-state index >= 15 is 4.79 Å². The summed E-state index contributed by atoms with van der Waals surface area (Å²) in [5.41, 5.74) is -8.99. The van der Waals surface area contributed by atoms with Crippen LogP contribution in [0, 0.1) is 22.7 Å². The molecule has 0 radical (unpaired) electrons. The number of hydrogen-bond acceptors (Lipinski definition) is 17. The highest BCUT2D eigenvalue weighted by molar-refractivity contribution is 5.96. The molecule has 1 spiro atoms. The average molecular weight is 872 g/mol. The van der Waals surface area contributed by atoms with E-state index in [9.17, 15) is 39.0 Å². The first-order valence-electron chi connectivity index (χ1n) is 20.7. The predicted molar refractivity (Wildman–Crippen MR) is 212 cm³/mol. The predicted octanol–water partition coefficient (Wildman–Crippen LogP) is 3.66. The van der Waals surface area contributed by atoms with Crippen molar-refractivity contribution in [3.63, 3.8) is 0 Å². The Bertz CT molecular complexity index is 2040. The third kappa shape index (κ3) is 7.61. The van der Waals surface area contributed by atoms with Gasteiger partial charge in [0.05, 0.1) is 35.6 Å². The molecule has 62 heavy (non-hydrogen) atoms. The molecule has 3 aliphatic carbocycles. The SMILES string of the molecule is CC(=O)O[C@H]1C(=O)[C@@]2(C)C([C@H](OC(=O)c3ccccc3)[C@]34OC(=O)O[C@H]3[C@H](OC(=O)[C@H](O)[C@H](CC(C)C)NC(=O)OC(C)(C)C)C(C)=C1C4(C)C)[C@]1(OC(C)=O)CO[C@@H]1C[C@@H]2O. The van der Waals surface area contributed by atoms with Crippen LogP contribution in [0.5, 0.6) is 0 Å². The van der Waals surface area contributed by atoms with Crippen LogP contribution in [0.2, 0.25) is 0 Å². The second kappa shape index (κ2) is 16.2. The molecule has 2 bridgehead atoms. The van der Waals surface area contributed by atoms with Crippen LogP contribution in [-0.2, 0) is 57.1 Å². The van der Waals surface area contributed by atoms with Crippen molar-refractivity contribution in [2.24, 2.45) is 22.7 Å². The van der Waals surface area contributed by atoms with Gasteiger partial charge in [0.2, 0.25) is 5.60 Å². The number of fused-ring (bicyclic) bond motifs is 4. The lowest BCUT2D eigenvalue weighted by atomic mass is 9.44. The van der Waals surface area contributed by atoms with Crippen molar-refractivity contribution in [1.29, 1.82) is 0 Å². The first kappa shape index (κ1) is 46.4. The summed E-state index contributed by atoms with van der Waals surface area (Å²) in [5.74, 6) is -6.73. The van der Waals surface area contributed by atoms with E-state index in [2.05, 4.69) is 5.32 Å². The summed E-state index contributed by atoms with van der Waals surface area (Å²) in [6.45, 7) is 16.2. The molecule has 2 heterocycles. The Morgan fingerprint density at radius 3 is 2.16 bits per heavy atom. The zero-order valence-corrected chi connectivity index (χ0v) is 36.8. The lowest BCUT2D eigenvalue weighted by molar-refractivity contribution is -0.345. The molecule has 2 saturated heterocycles. The zero-order chi connectivity index (χ0) is 46.1. The lowest BCUT2D eigenvalue weighted by Crippen LogP contribution is -2.83. The minimum Gasteiger partial charge on any atom is -0.454 e. The summed E-state index contributed by atoms with van der Waals surface area (Å²) < 4.78 is 48.1. The molecular weight excluding hydrogens is 814 g/mol. The minimum absolute atomic E-state index is 0.0261. The topological polar surface area (TPSA) is 246 Å². The van der Waals surface area contributed by atoms with Crippen LogP contribution in [0.3, 0.4) is 0 Å². The van der Waals surface area contributed by atoms with Gasteiger partial charge in [0, 0.05) is 25.7 Å². The molecule has 18 nitrogen and oxygen atoms in total. The van der Waals surface area contributed by atoms with E-state index in [1.807, 2.05) is 0 Å². The first-order chi connectivity index (χ1) is 28.7. The maximum absolute atomic E-state index is 15.6. The van der Waals surface area contributed by atoms with Crippen molar-refractivity contribution in [1.82, 2.24) is 5.32 Å². The highest BCUT2D eigenvalue weighted by atomic mass is 16.8. The summed E-state index contributed by atoms with van der Waals surface area (Å²) in [6, 6.07) is 6.47. The maximum atomic E-state index is 15.6. The number of Topliss-reactive ketones (excluding diaryl/α,β-unsaturated/α-hetero) is 1. The maximum Gasteiger partial charge on any atom is 0.509 e. The first-order valence-corrected chi connectivity index (χ1v) is 20.7. The van der Waals surface area contributed by atoms with E-state index in [1.54, 1.807) is 66.7 Å². The van der Waals surface area contributed by atoms with Gasteiger partial charge in [0.15, 0.2) is 41.9 Å². The number of aliphatic hydroxyl groups is 2. The number of aliphatic hydroxyl groups excluding tert-OH is 2. The molecule has 1 unspecified atom stereocenters. The summed E-state index contributed by atoms with van der Waals surface area (Å²) in [5, 5.41) is 26.3. The van der Waals surface area contributed by atoms with Crippen LogP contribution in [0.25, 0.3) is 0 Å². The summed E-state index contributed by atoms with van der Waals surface area (Å²) >= 11 is 0. The van der Waals surface area contributed by atoms with Crippen LogP contribution in [0.15, 0.2) is 41.5 Å². The second-order valence-corrected chi connectivity index (χ2v) is 19.0. The van der Waals surface area contributed by atoms with Crippen LogP contribution < -0.4 is 5.32 Å². The number of ketones is 1. The monoisotopic (exact) mass is 871 g/mol. The number of amides is 1. The number of nitrogens with one attached hydrogen (secondary N) is 1. The van der Waals surface area contributed by atoms with Gasteiger partial charge in [-0.1, -0.05) is 45.9 Å². The van der Waals surface area contributed by atoms with Crippen LogP contribution in [-0.4, -0.2) is 124 Å². The number of carbonyl (C=O) groups excluding carboxylic acids is 7. The molecule has 18 heteroatoms. The number of esters is 4. The Morgan fingerprint density at radius 1 is 0.968 bits per heavy atom. The summed E-state index contributed by atoms with van der Waals surface area (Å²) in [4.78, 5) is 97.3. The third-order valence-electron chi connectivity index (χ3n) is 12.9. The fourth-order valence-corrected chi connectivity index (χ4v) is 10.4. The van der Waals surface area contributed by atoms with E-state index in [-0.39, 0.29) is 42.1 Å². The largest absolute Gasteiger partial charge is 0.509 e. The Hall–Kier alpha value is -5.07. The smallest absolute Gasteiger partial charge is 0.454 e. The van der Waals surface area contributed by atoms with Gasteiger partial charge in [-0.2, -0.15) is 0 Å². The van der Waals surface area contributed by atoms with Crippen molar-refractivity contribution in [2.45, 2.75) is 155 Å². The molecule has 1 aromatic carbocycles. The summed E-state index contributed by atoms with van der Waals surface area (Å²) in [7, 11) is 0. The standard InChI is InChI=1S/C44H57NO17/c1-20(2)17-25(45-38(53)61-40(6,7)8)29(49)37(52)57-30-21(3)28-31(56-22(4)46)33(50)42(11)26(48)18-27-43(19-55-27,60-23(5)47)32(42)35(58-36(51)24-15-13-12-14-16-24)44(41(28,9)10)34(30)59-39(54)62-44/h12-16,20,25-27,29-32,34-35,48-49H,17-19H2,1-11H3,(H,45,53)/t25-,26-,27+,29+,30+,31+,32?,34-,35-,42+,43-,44+/m0/s1. The highest BCUT2D eigenvalue weighted by Gasteiger charge is 2.83.